The van der Waals surface area contributed by atoms with E-state index in [1.165, 1.54) is 0 Å². The average Bonchev–Trinajstić information content (AvgIpc) is 2.20. The molecule has 4 aliphatic carbocycles. The first-order valence-corrected chi connectivity index (χ1v) is 8.63. The van der Waals surface area contributed by atoms with Gasteiger partial charge in [-0.2, -0.15) is 0 Å². The SMILES string of the molecule is CC(C)CC(C)(C)C(=O)OC12CC3CC(O)(CC(O)(C3)C1)C2. The van der Waals surface area contributed by atoms with Crippen LogP contribution in [0.2, 0.25) is 0 Å². The van der Waals surface area contributed by atoms with Gasteiger partial charge >= 0.3 is 5.97 Å². The van der Waals surface area contributed by atoms with Crippen molar-refractivity contribution < 1.29 is 19.7 Å². The Morgan fingerprint density at radius 3 is 2.14 bits per heavy atom. The molecule has 2 unspecified atom stereocenters. The highest BCUT2D eigenvalue weighted by Gasteiger charge is 2.64. The molecule has 0 aromatic rings. The van der Waals surface area contributed by atoms with Crippen LogP contribution in [0.1, 0.15) is 72.6 Å². The minimum Gasteiger partial charge on any atom is -0.458 e. The Labute approximate surface area is 133 Å². The fourth-order valence-corrected chi connectivity index (χ4v) is 5.80. The maximum absolute atomic E-state index is 12.7. The summed E-state index contributed by atoms with van der Waals surface area (Å²) in [6.45, 7) is 8.06. The number of hydrogen-bond donors (Lipinski definition) is 2. The number of carbonyl (C=O) groups is 1. The van der Waals surface area contributed by atoms with E-state index in [-0.39, 0.29) is 11.9 Å². The lowest BCUT2D eigenvalue weighted by molar-refractivity contribution is -0.264. The maximum Gasteiger partial charge on any atom is 0.312 e. The van der Waals surface area contributed by atoms with Gasteiger partial charge in [0.15, 0.2) is 0 Å². The Kier molecular flexibility index (Phi) is 3.47. The smallest absolute Gasteiger partial charge is 0.312 e. The Bertz CT molecular complexity index is 463. The first kappa shape index (κ1) is 16.3. The van der Waals surface area contributed by atoms with Gasteiger partial charge in [0, 0.05) is 19.3 Å². The van der Waals surface area contributed by atoms with E-state index in [0.29, 0.717) is 25.2 Å². The highest BCUT2D eigenvalue weighted by molar-refractivity contribution is 5.76. The molecule has 0 aromatic heterocycles. The molecule has 4 bridgehead atoms. The van der Waals surface area contributed by atoms with Crippen LogP contribution in [0.3, 0.4) is 0 Å². The lowest BCUT2D eigenvalue weighted by Gasteiger charge is -2.62. The Morgan fingerprint density at radius 1 is 1.14 bits per heavy atom. The van der Waals surface area contributed by atoms with Crippen molar-refractivity contribution in [2.24, 2.45) is 17.3 Å². The summed E-state index contributed by atoms with van der Waals surface area (Å²) in [5.74, 6) is 0.509. The zero-order chi connectivity index (χ0) is 16.4. The van der Waals surface area contributed by atoms with Crippen LogP contribution >= 0.6 is 0 Å². The van der Waals surface area contributed by atoms with Gasteiger partial charge in [0.1, 0.15) is 5.60 Å². The van der Waals surface area contributed by atoms with Crippen molar-refractivity contribution in [2.45, 2.75) is 89.4 Å². The number of carbonyl (C=O) groups excluding carboxylic acids is 1. The summed E-state index contributed by atoms with van der Waals surface area (Å²) in [6.07, 6.45) is 4.46. The molecule has 0 aliphatic heterocycles. The molecule has 2 N–H and O–H groups in total. The fraction of sp³-hybridized carbons (Fsp3) is 0.944. The van der Waals surface area contributed by atoms with Crippen molar-refractivity contribution in [3.05, 3.63) is 0 Å². The summed E-state index contributed by atoms with van der Waals surface area (Å²) in [5.41, 5.74) is -2.88. The van der Waals surface area contributed by atoms with E-state index in [4.69, 9.17) is 4.74 Å². The van der Waals surface area contributed by atoms with Crippen molar-refractivity contribution in [1.82, 2.24) is 0 Å². The topological polar surface area (TPSA) is 66.8 Å². The number of hydrogen-bond acceptors (Lipinski definition) is 4. The van der Waals surface area contributed by atoms with Crippen molar-refractivity contribution in [3.8, 4) is 0 Å². The third-order valence-corrected chi connectivity index (χ3v) is 5.74. The van der Waals surface area contributed by atoms with E-state index in [1.54, 1.807) is 0 Å². The molecule has 0 heterocycles. The van der Waals surface area contributed by atoms with Gasteiger partial charge in [0.05, 0.1) is 16.6 Å². The molecule has 2 atom stereocenters. The Hall–Kier alpha value is -0.610. The van der Waals surface area contributed by atoms with Crippen molar-refractivity contribution in [1.29, 1.82) is 0 Å². The van der Waals surface area contributed by atoms with Gasteiger partial charge < -0.3 is 14.9 Å². The van der Waals surface area contributed by atoms with E-state index in [9.17, 15) is 15.0 Å². The van der Waals surface area contributed by atoms with E-state index < -0.39 is 22.2 Å². The zero-order valence-corrected chi connectivity index (χ0v) is 14.3. The molecule has 4 fully saturated rings. The quantitative estimate of drug-likeness (QED) is 0.784. The van der Waals surface area contributed by atoms with E-state index in [0.717, 1.165) is 25.7 Å². The van der Waals surface area contributed by atoms with Gasteiger partial charge in [-0.05, 0) is 51.4 Å². The number of aliphatic hydroxyl groups is 2. The number of esters is 1. The number of rotatable bonds is 4. The van der Waals surface area contributed by atoms with Crippen LogP contribution in [0, 0.1) is 17.3 Å². The minimum atomic E-state index is -0.851. The predicted octanol–water partition coefficient (Wildman–Crippen LogP) is 2.80. The van der Waals surface area contributed by atoms with Gasteiger partial charge in [0.25, 0.3) is 0 Å². The van der Waals surface area contributed by atoms with Crippen LogP contribution in [0.5, 0.6) is 0 Å². The Morgan fingerprint density at radius 2 is 1.68 bits per heavy atom. The Balaban J connectivity index is 1.79. The van der Waals surface area contributed by atoms with E-state index in [1.807, 2.05) is 13.8 Å². The molecule has 4 rings (SSSR count). The van der Waals surface area contributed by atoms with Crippen LogP contribution in [0.4, 0.5) is 0 Å². The fourth-order valence-electron chi connectivity index (χ4n) is 5.80. The molecular weight excluding hydrogens is 280 g/mol. The van der Waals surface area contributed by atoms with Gasteiger partial charge in [-0.3, -0.25) is 4.79 Å². The highest BCUT2D eigenvalue weighted by Crippen LogP contribution is 2.60. The van der Waals surface area contributed by atoms with Gasteiger partial charge in [-0.15, -0.1) is 0 Å². The molecule has 126 valence electrons. The summed E-state index contributed by atoms with van der Waals surface area (Å²) in [7, 11) is 0. The molecular formula is C18H30O4. The molecule has 4 aliphatic rings. The molecule has 0 amide bonds. The predicted molar refractivity (Wildman–Crippen MR) is 83.2 cm³/mol. The second-order valence-corrected chi connectivity index (χ2v) is 9.51. The third kappa shape index (κ3) is 2.80. The second kappa shape index (κ2) is 4.70. The summed E-state index contributed by atoms with van der Waals surface area (Å²) in [5, 5.41) is 21.5. The van der Waals surface area contributed by atoms with Gasteiger partial charge in [-0.1, -0.05) is 13.8 Å². The normalized spacial score (nSPS) is 43.7. The average molecular weight is 310 g/mol. The molecule has 4 heteroatoms. The highest BCUT2D eigenvalue weighted by atomic mass is 16.6. The van der Waals surface area contributed by atoms with E-state index in [2.05, 4.69) is 13.8 Å². The van der Waals surface area contributed by atoms with Crippen LogP contribution in [0.15, 0.2) is 0 Å². The summed E-state index contributed by atoms with van der Waals surface area (Å²) < 4.78 is 5.99. The lowest BCUT2D eigenvalue weighted by atomic mass is 9.50. The second-order valence-electron chi connectivity index (χ2n) is 9.51. The van der Waals surface area contributed by atoms with Crippen LogP contribution in [-0.2, 0) is 9.53 Å². The first-order valence-electron chi connectivity index (χ1n) is 8.63. The minimum absolute atomic E-state index is 0.185. The van der Waals surface area contributed by atoms with Crippen LogP contribution in [-0.4, -0.2) is 33.0 Å². The van der Waals surface area contributed by atoms with Crippen molar-refractivity contribution in [3.63, 3.8) is 0 Å². The van der Waals surface area contributed by atoms with Crippen LogP contribution < -0.4 is 0 Å². The van der Waals surface area contributed by atoms with Crippen LogP contribution in [0.25, 0.3) is 0 Å². The van der Waals surface area contributed by atoms with Crippen molar-refractivity contribution in [2.75, 3.05) is 0 Å². The molecule has 0 radical (unpaired) electrons. The molecule has 4 saturated carbocycles. The first-order chi connectivity index (χ1) is 9.95. The summed E-state index contributed by atoms with van der Waals surface area (Å²) >= 11 is 0. The van der Waals surface area contributed by atoms with Gasteiger partial charge in [-0.25, -0.2) is 0 Å². The van der Waals surface area contributed by atoms with Gasteiger partial charge in [0.2, 0.25) is 0 Å². The monoisotopic (exact) mass is 310 g/mol. The lowest BCUT2D eigenvalue weighted by Crippen LogP contribution is -2.67. The summed E-state index contributed by atoms with van der Waals surface area (Å²) in [6, 6.07) is 0. The number of ether oxygens (including phenoxy) is 1. The zero-order valence-electron chi connectivity index (χ0n) is 14.3. The molecule has 0 saturated heterocycles. The molecule has 4 nitrogen and oxygen atoms in total. The third-order valence-electron chi connectivity index (χ3n) is 5.74. The summed E-state index contributed by atoms with van der Waals surface area (Å²) in [4.78, 5) is 12.7. The maximum atomic E-state index is 12.7. The largest absolute Gasteiger partial charge is 0.458 e. The van der Waals surface area contributed by atoms with E-state index >= 15 is 0 Å². The van der Waals surface area contributed by atoms with Crippen molar-refractivity contribution >= 4 is 5.97 Å². The molecule has 0 spiro atoms. The molecule has 0 aromatic carbocycles. The molecule has 22 heavy (non-hydrogen) atoms. The standard InChI is InChI=1S/C18H30O4/c1-12(2)5-15(3,4)14(19)22-18-8-13-6-16(20,10-18)9-17(21,7-13)11-18/h12-13,20-21H,5-11H2,1-4H3.